The second-order valence-corrected chi connectivity index (χ2v) is 5.15. The predicted molar refractivity (Wildman–Crippen MR) is 80.2 cm³/mol. The molecule has 1 atom stereocenters. The molecule has 0 aromatic heterocycles. The Morgan fingerprint density at radius 1 is 1.40 bits per heavy atom. The highest BCUT2D eigenvalue weighted by Gasteiger charge is 2.29. The van der Waals surface area contributed by atoms with Crippen LogP contribution in [0.1, 0.15) is 30.6 Å². The van der Waals surface area contributed by atoms with Gasteiger partial charge in [-0.3, -0.25) is 9.69 Å². The van der Waals surface area contributed by atoms with Crippen molar-refractivity contribution in [3.8, 4) is 5.75 Å². The van der Waals surface area contributed by atoms with Crippen LogP contribution in [0.2, 0.25) is 0 Å². The van der Waals surface area contributed by atoms with E-state index < -0.39 is 0 Å². The van der Waals surface area contributed by atoms with Crippen molar-refractivity contribution in [2.24, 2.45) is 0 Å². The number of likely N-dealkylation sites (tertiary alicyclic amines) is 1. The fourth-order valence-corrected chi connectivity index (χ4v) is 2.90. The zero-order valence-electron chi connectivity index (χ0n) is 12.6. The molecule has 1 aliphatic heterocycles. The molecule has 1 aromatic rings. The van der Waals surface area contributed by atoms with Gasteiger partial charge in [-0.15, -0.1) is 0 Å². The van der Waals surface area contributed by atoms with Gasteiger partial charge in [0.15, 0.2) is 0 Å². The minimum atomic E-state index is 0.110. The van der Waals surface area contributed by atoms with Gasteiger partial charge in [-0.1, -0.05) is 19.9 Å². The maximum absolute atomic E-state index is 12.5. The predicted octanol–water partition coefficient (Wildman–Crippen LogP) is 2.25. The number of hydrogen-bond acceptors (Lipinski definition) is 3. The summed E-state index contributed by atoms with van der Waals surface area (Å²) in [6.45, 7) is 8.12. The standard InChI is InChI=1S/C16H24N2O2/c1-4-17(5-2)14-9-10-18(12-14)16(19)13-7-6-8-15(11-13)20-3/h6-8,11,14H,4-5,9-10,12H2,1-3H3. The van der Waals surface area contributed by atoms with Gasteiger partial charge in [0.05, 0.1) is 7.11 Å². The second-order valence-electron chi connectivity index (χ2n) is 5.15. The molecule has 0 N–H and O–H groups in total. The largest absolute Gasteiger partial charge is 0.497 e. The number of carbonyl (C=O) groups excluding carboxylic acids is 1. The fourth-order valence-electron chi connectivity index (χ4n) is 2.90. The molecule has 4 nitrogen and oxygen atoms in total. The van der Waals surface area contributed by atoms with Crippen molar-refractivity contribution in [2.45, 2.75) is 26.3 Å². The minimum Gasteiger partial charge on any atom is -0.497 e. The maximum atomic E-state index is 12.5. The Bertz CT molecular complexity index is 458. The first-order chi connectivity index (χ1) is 9.69. The normalized spacial score (nSPS) is 18.6. The lowest BCUT2D eigenvalue weighted by Gasteiger charge is -2.26. The zero-order valence-corrected chi connectivity index (χ0v) is 12.6. The van der Waals surface area contributed by atoms with Crippen molar-refractivity contribution in [2.75, 3.05) is 33.3 Å². The molecular formula is C16H24N2O2. The highest BCUT2D eigenvalue weighted by molar-refractivity contribution is 5.94. The van der Waals surface area contributed by atoms with Crippen LogP contribution in [0.5, 0.6) is 5.75 Å². The van der Waals surface area contributed by atoms with E-state index in [1.807, 2.05) is 29.2 Å². The summed E-state index contributed by atoms with van der Waals surface area (Å²) in [6, 6.07) is 7.89. The van der Waals surface area contributed by atoms with Gasteiger partial charge in [-0.25, -0.2) is 0 Å². The van der Waals surface area contributed by atoms with E-state index in [-0.39, 0.29) is 5.91 Å². The van der Waals surface area contributed by atoms with Gasteiger partial charge in [0, 0.05) is 24.7 Å². The van der Waals surface area contributed by atoms with Crippen LogP contribution in [-0.2, 0) is 0 Å². The first-order valence-electron chi connectivity index (χ1n) is 7.37. The fraction of sp³-hybridized carbons (Fsp3) is 0.562. The summed E-state index contributed by atoms with van der Waals surface area (Å²) in [4.78, 5) is 16.9. The smallest absolute Gasteiger partial charge is 0.254 e. The van der Waals surface area contributed by atoms with Gasteiger partial charge in [-0.2, -0.15) is 0 Å². The van der Waals surface area contributed by atoms with Gasteiger partial charge in [0.25, 0.3) is 5.91 Å². The number of hydrogen-bond donors (Lipinski definition) is 0. The summed E-state index contributed by atoms with van der Waals surface area (Å²) in [6.07, 6.45) is 1.07. The van der Waals surface area contributed by atoms with Gasteiger partial charge in [0.1, 0.15) is 5.75 Å². The van der Waals surface area contributed by atoms with Gasteiger partial charge < -0.3 is 9.64 Å². The van der Waals surface area contributed by atoms with Crippen LogP contribution in [0.15, 0.2) is 24.3 Å². The molecule has 1 aliphatic rings. The number of carbonyl (C=O) groups is 1. The first kappa shape index (κ1) is 14.9. The van der Waals surface area contributed by atoms with Crippen LogP contribution < -0.4 is 4.74 Å². The molecule has 1 saturated heterocycles. The molecule has 1 aromatic carbocycles. The maximum Gasteiger partial charge on any atom is 0.254 e. The number of amides is 1. The summed E-state index contributed by atoms with van der Waals surface area (Å²) in [7, 11) is 1.62. The summed E-state index contributed by atoms with van der Waals surface area (Å²) in [5.41, 5.74) is 0.713. The molecule has 20 heavy (non-hydrogen) atoms. The van der Waals surface area contributed by atoms with Gasteiger partial charge in [0.2, 0.25) is 0 Å². The molecule has 0 aliphatic carbocycles. The quantitative estimate of drug-likeness (QED) is 0.827. The van der Waals surface area contributed by atoms with E-state index in [9.17, 15) is 4.79 Å². The Kier molecular flexibility index (Phi) is 5.01. The molecule has 0 saturated carbocycles. The van der Waals surface area contributed by atoms with Crippen molar-refractivity contribution >= 4 is 5.91 Å². The van der Waals surface area contributed by atoms with E-state index in [2.05, 4.69) is 18.7 Å². The lowest BCUT2D eigenvalue weighted by molar-refractivity contribution is 0.0777. The Labute approximate surface area is 121 Å². The summed E-state index contributed by atoms with van der Waals surface area (Å²) in [5, 5.41) is 0. The Hall–Kier alpha value is -1.55. The molecular weight excluding hydrogens is 252 g/mol. The molecule has 4 heteroatoms. The number of rotatable bonds is 5. The highest BCUT2D eigenvalue weighted by atomic mass is 16.5. The molecule has 110 valence electrons. The molecule has 1 heterocycles. The van der Waals surface area contributed by atoms with E-state index in [0.717, 1.165) is 38.3 Å². The van der Waals surface area contributed by atoms with Crippen LogP contribution in [0, 0.1) is 0 Å². The lowest BCUT2D eigenvalue weighted by atomic mass is 10.2. The van der Waals surface area contributed by atoms with Gasteiger partial charge in [-0.05, 0) is 37.7 Å². The summed E-state index contributed by atoms with van der Waals surface area (Å²) < 4.78 is 5.18. The van der Waals surface area contributed by atoms with E-state index >= 15 is 0 Å². The lowest BCUT2D eigenvalue weighted by Crippen LogP contribution is -2.38. The molecule has 1 fully saturated rings. The second kappa shape index (κ2) is 6.75. The van der Waals surface area contributed by atoms with Crippen LogP contribution in [0.3, 0.4) is 0 Å². The van der Waals surface area contributed by atoms with E-state index in [1.165, 1.54) is 0 Å². The van der Waals surface area contributed by atoms with Crippen LogP contribution >= 0.6 is 0 Å². The number of methoxy groups -OCH3 is 1. The molecule has 0 spiro atoms. The van der Waals surface area contributed by atoms with Gasteiger partial charge >= 0.3 is 0 Å². The van der Waals surface area contributed by atoms with Crippen molar-refractivity contribution in [1.82, 2.24) is 9.80 Å². The molecule has 2 rings (SSSR count). The highest BCUT2D eigenvalue weighted by Crippen LogP contribution is 2.20. The number of likely N-dealkylation sites (N-methyl/N-ethyl adjacent to an activating group) is 1. The molecule has 0 bridgehead atoms. The average Bonchev–Trinajstić information content (AvgIpc) is 2.97. The topological polar surface area (TPSA) is 32.8 Å². The van der Waals surface area contributed by atoms with Crippen molar-refractivity contribution in [3.63, 3.8) is 0 Å². The number of ether oxygens (including phenoxy) is 1. The van der Waals surface area contributed by atoms with Crippen LogP contribution in [0.25, 0.3) is 0 Å². The van der Waals surface area contributed by atoms with E-state index in [1.54, 1.807) is 7.11 Å². The zero-order chi connectivity index (χ0) is 14.5. The van der Waals surface area contributed by atoms with Crippen molar-refractivity contribution in [1.29, 1.82) is 0 Å². The molecule has 1 unspecified atom stereocenters. The van der Waals surface area contributed by atoms with Crippen molar-refractivity contribution < 1.29 is 9.53 Å². The van der Waals surface area contributed by atoms with E-state index in [4.69, 9.17) is 4.74 Å². The molecule has 1 amide bonds. The van der Waals surface area contributed by atoms with E-state index in [0.29, 0.717) is 11.6 Å². The third kappa shape index (κ3) is 3.12. The Morgan fingerprint density at radius 2 is 2.15 bits per heavy atom. The van der Waals surface area contributed by atoms with Crippen LogP contribution in [0.4, 0.5) is 0 Å². The third-order valence-electron chi connectivity index (χ3n) is 4.10. The first-order valence-corrected chi connectivity index (χ1v) is 7.37. The Balaban J connectivity index is 2.03. The van der Waals surface area contributed by atoms with Crippen molar-refractivity contribution in [3.05, 3.63) is 29.8 Å². The molecule has 0 radical (unpaired) electrons. The average molecular weight is 276 g/mol. The Morgan fingerprint density at radius 3 is 2.80 bits per heavy atom. The summed E-state index contributed by atoms with van der Waals surface area (Å²) >= 11 is 0. The third-order valence-corrected chi connectivity index (χ3v) is 4.10. The van der Waals surface area contributed by atoms with Crippen LogP contribution in [-0.4, -0.2) is 55.0 Å². The minimum absolute atomic E-state index is 0.110. The monoisotopic (exact) mass is 276 g/mol. The SMILES string of the molecule is CCN(CC)C1CCN(C(=O)c2cccc(OC)c2)C1. The number of benzene rings is 1. The number of nitrogens with zero attached hydrogens (tertiary/aromatic N) is 2. The summed E-state index contributed by atoms with van der Waals surface area (Å²) in [5.74, 6) is 0.842.